The van der Waals surface area contributed by atoms with Crippen molar-refractivity contribution in [1.29, 1.82) is 0 Å². The van der Waals surface area contributed by atoms with Gasteiger partial charge >= 0.3 is 0 Å². The van der Waals surface area contributed by atoms with Gasteiger partial charge in [0.05, 0.1) is 22.9 Å². The number of carbonyl (C=O) groups excluding carboxylic acids is 1. The molecule has 0 aliphatic carbocycles. The number of ether oxygens (including phenoxy) is 1. The van der Waals surface area contributed by atoms with E-state index in [1.165, 1.54) is 24.3 Å². The van der Waals surface area contributed by atoms with E-state index in [2.05, 4.69) is 10.0 Å². The number of rotatable bonds is 12. The molecule has 2 aromatic rings. The molecule has 2 rings (SSSR count). The summed E-state index contributed by atoms with van der Waals surface area (Å²) in [5.74, 6) is 0.0243. The molecule has 9 nitrogen and oxygen atoms in total. The average Bonchev–Trinajstić information content (AvgIpc) is 2.76. The largest absolute Gasteiger partial charge is 0.494 e. The van der Waals surface area contributed by atoms with Gasteiger partial charge in [0.25, 0.3) is 0 Å². The van der Waals surface area contributed by atoms with Crippen molar-refractivity contribution in [2.24, 2.45) is 0 Å². The number of sulfonamides is 2. The van der Waals surface area contributed by atoms with E-state index in [4.69, 9.17) is 4.74 Å². The molecule has 0 heterocycles. The summed E-state index contributed by atoms with van der Waals surface area (Å²) in [6.45, 7) is 5.50. The molecule has 0 spiro atoms. The predicted molar refractivity (Wildman–Crippen MR) is 121 cm³/mol. The summed E-state index contributed by atoms with van der Waals surface area (Å²) in [6.07, 6.45) is 0. The maximum Gasteiger partial charge on any atom is 0.243 e. The van der Waals surface area contributed by atoms with Crippen LogP contribution in [0.4, 0.5) is 0 Å². The second-order valence-electron chi connectivity index (χ2n) is 6.90. The van der Waals surface area contributed by atoms with Crippen LogP contribution in [0.25, 0.3) is 0 Å². The third-order valence-electron chi connectivity index (χ3n) is 4.52. The second-order valence-corrected chi connectivity index (χ2v) is 10.6. The molecular weight excluding hydrogens is 454 g/mol. The number of likely N-dealkylation sites (N-methyl/N-ethyl adjacent to an activating group) is 1. The summed E-state index contributed by atoms with van der Waals surface area (Å²) in [5.41, 5.74) is 0.942. The van der Waals surface area contributed by atoms with Crippen molar-refractivity contribution in [3.8, 4) is 5.75 Å². The molecule has 1 amide bonds. The lowest BCUT2D eigenvalue weighted by Gasteiger charge is -2.20. The number of hydrogen-bond acceptors (Lipinski definition) is 6. The van der Waals surface area contributed by atoms with Gasteiger partial charge in [-0.15, -0.1) is 0 Å². The topological polar surface area (TPSA) is 122 Å². The fraction of sp³-hybridized carbons (Fsp3) is 0.381. The smallest absolute Gasteiger partial charge is 0.243 e. The van der Waals surface area contributed by atoms with Crippen LogP contribution < -0.4 is 14.8 Å². The normalized spacial score (nSPS) is 12.0. The van der Waals surface area contributed by atoms with Crippen LogP contribution in [0.2, 0.25) is 0 Å². The van der Waals surface area contributed by atoms with E-state index in [0.29, 0.717) is 12.4 Å². The van der Waals surface area contributed by atoms with Gasteiger partial charge < -0.3 is 10.1 Å². The number of aryl methyl sites for hydroxylation is 1. The Kier molecular flexibility index (Phi) is 9.20. The van der Waals surface area contributed by atoms with Crippen molar-refractivity contribution in [2.45, 2.75) is 30.6 Å². The molecule has 0 saturated carbocycles. The molecule has 11 heteroatoms. The molecule has 0 unspecified atom stereocenters. The van der Waals surface area contributed by atoms with E-state index in [1.807, 2.05) is 13.8 Å². The highest BCUT2D eigenvalue weighted by Crippen LogP contribution is 2.19. The molecule has 0 atom stereocenters. The van der Waals surface area contributed by atoms with E-state index >= 15 is 0 Å². The van der Waals surface area contributed by atoms with E-state index < -0.39 is 26.0 Å². The zero-order valence-corrected chi connectivity index (χ0v) is 20.0. The summed E-state index contributed by atoms with van der Waals surface area (Å²) in [4.78, 5) is 12.4. The van der Waals surface area contributed by atoms with Crippen LogP contribution in [0.1, 0.15) is 19.4 Å². The van der Waals surface area contributed by atoms with Crippen molar-refractivity contribution in [1.82, 2.24) is 14.3 Å². The Balaban J connectivity index is 1.89. The Hall–Kier alpha value is -2.47. The van der Waals surface area contributed by atoms with Gasteiger partial charge in [-0.3, -0.25) is 4.79 Å². The summed E-state index contributed by atoms with van der Waals surface area (Å²) in [5, 5.41) is 2.54. The zero-order valence-electron chi connectivity index (χ0n) is 18.4. The fourth-order valence-corrected chi connectivity index (χ4v) is 5.23. The molecule has 176 valence electrons. The van der Waals surface area contributed by atoms with Crippen molar-refractivity contribution in [3.05, 3.63) is 54.1 Å². The number of amides is 1. The first-order valence-corrected chi connectivity index (χ1v) is 13.1. The first-order valence-electron chi connectivity index (χ1n) is 10.2. The molecule has 0 aromatic heterocycles. The van der Waals surface area contributed by atoms with Crippen LogP contribution in [-0.2, 0) is 24.8 Å². The van der Waals surface area contributed by atoms with Gasteiger partial charge in [-0.1, -0.05) is 24.6 Å². The molecule has 2 aromatic carbocycles. The molecule has 0 radical (unpaired) electrons. The molecule has 0 aliphatic rings. The van der Waals surface area contributed by atoms with E-state index in [0.717, 1.165) is 9.87 Å². The van der Waals surface area contributed by atoms with Crippen molar-refractivity contribution < 1.29 is 26.4 Å². The SMILES string of the molecule is CCOc1ccc(S(=O)(=O)N(CC)CC(=O)NCCNS(=O)(=O)c2ccc(C)cc2)cc1. The molecular formula is C21H29N3O6S2. The lowest BCUT2D eigenvalue weighted by atomic mass is 10.2. The summed E-state index contributed by atoms with van der Waals surface area (Å²) in [7, 11) is -7.55. The standard InChI is InChI=1S/C21H29N3O6S2/c1-4-24(32(28,29)20-12-8-18(9-13-20)30-5-2)16-21(25)22-14-15-23-31(26,27)19-10-6-17(3)7-11-19/h6-13,23H,4-5,14-16H2,1-3H3,(H,22,25). The van der Waals surface area contributed by atoms with Gasteiger partial charge in [-0.05, 0) is 50.2 Å². The molecule has 32 heavy (non-hydrogen) atoms. The number of benzene rings is 2. The number of nitrogens with zero attached hydrogens (tertiary/aromatic N) is 1. The van der Waals surface area contributed by atoms with Crippen molar-refractivity contribution >= 4 is 26.0 Å². The van der Waals surface area contributed by atoms with Crippen LogP contribution >= 0.6 is 0 Å². The number of carbonyl (C=O) groups is 1. The Morgan fingerprint density at radius 3 is 2.06 bits per heavy atom. The van der Waals surface area contributed by atoms with Gasteiger partial charge in [-0.2, -0.15) is 4.31 Å². The predicted octanol–water partition coefficient (Wildman–Crippen LogP) is 1.50. The van der Waals surface area contributed by atoms with Gasteiger partial charge in [0.15, 0.2) is 0 Å². The maximum absolute atomic E-state index is 12.8. The third kappa shape index (κ3) is 7.02. The van der Waals surface area contributed by atoms with Crippen molar-refractivity contribution in [2.75, 3.05) is 32.8 Å². The first-order chi connectivity index (χ1) is 15.1. The molecule has 0 saturated heterocycles. The lowest BCUT2D eigenvalue weighted by Crippen LogP contribution is -2.42. The van der Waals surface area contributed by atoms with Crippen molar-refractivity contribution in [3.63, 3.8) is 0 Å². The minimum Gasteiger partial charge on any atom is -0.494 e. The fourth-order valence-electron chi connectivity index (χ4n) is 2.79. The third-order valence-corrected chi connectivity index (χ3v) is 7.93. The van der Waals surface area contributed by atoms with Gasteiger partial charge in [-0.25, -0.2) is 21.6 Å². The zero-order chi connectivity index (χ0) is 23.8. The molecule has 2 N–H and O–H groups in total. The van der Waals surface area contributed by atoms with Crippen LogP contribution in [0.5, 0.6) is 5.75 Å². The highest BCUT2D eigenvalue weighted by atomic mass is 32.2. The lowest BCUT2D eigenvalue weighted by molar-refractivity contribution is -0.121. The van der Waals surface area contributed by atoms with Gasteiger partial charge in [0, 0.05) is 19.6 Å². The minimum atomic E-state index is -3.87. The number of nitrogens with one attached hydrogen (secondary N) is 2. The first kappa shape index (κ1) is 25.8. The average molecular weight is 484 g/mol. The quantitative estimate of drug-likeness (QED) is 0.441. The molecule has 0 fully saturated rings. The van der Waals surface area contributed by atoms with Crippen LogP contribution in [0.15, 0.2) is 58.3 Å². The molecule has 0 aliphatic heterocycles. The van der Waals surface area contributed by atoms with Gasteiger partial charge in [0.1, 0.15) is 5.75 Å². The maximum atomic E-state index is 12.8. The van der Waals surface area contributed by atoms with E-state index in [-0.39, 0.29) is 36.0 Å². The Bertz CT molecular complexity index is 1100. The van der Waals surface area contributed by atoms with Crippen LogP contribution in [0.3, 0.4) is 0 Å². The van der Waals surface area contributed by atoms with Crippen LogP contribution in [0, 0.1) is 6.92 Å². The van der Waals surface area contributed by atoms with Crippen LogP contribution in [-0.4, -0.2) is 59.8 Å². The highest BCUT2D eigenvalue weighted by molar-refractivity contribution is 7.89. The van der Waals surface area contributed by atoms with E-state index in [9.17, 15) is 21.6 Å². The monoisotopic (exact) mass is 483 g/mol. The van der Waals surface area contributed by atoms with Gasteiger partial charge in [0.2, 0.25) is 26.0 Å². The highest BCUT2D eigenvalue weighted by Gasteiger charge is 2.25. The summed E-state index contributed by atoms with van der Waals surface area (Å²) >= 11 is 0. The minimum absolute atomic E-state index is 0.0184. The molecule has 0 bridgehead atoms. The summed E-state index contributed by atoms with van der Waals surface area (Å²) < 4.78 is 58.9. The second kappa shape index (κ2) is 11.4. The number of hydrogen-bond donors (Lipinski definition) is 2. The Labute approximate surface area is 189 Å². The van der Waals surface area contributed by atoms with E-state index in [1.54, 1.807) is 31.2 Å². The summed E-state index contributed by atoms with van der Waals surface area (Å²) in [6, 6.07) is 12.4. The Morgan fingerprint density at radius 1 is 0.906 bits per heavy atom. The Morgan fingerprint density at radius 2 is 1.50 bits per heavy atom.